The zero-order chi connectivity index (χ0) is 20.3. The number of Topliss-reactive ketones (excluding diaryl/α,β-unsaturated/α-hetero) is 1. The zero-order valence-corrected chi connectivity index (χ0v) is 17.9. The van der Waals surface area contributed by atoms with E-state index in [1.807, 2.05) is 6.92 Å². The molecule has 150 valence electrons. The molecule has 1 saturated carbocycles. The molecule has 1 aromatic heterocycles. The average molecular weight is 441 g/mol. The summed E-state index contributed by atoms with van der Waals surface area (Å²) in [6.45, 7) is 1.82. The molecular weight excluding hydrogens is 420 g/mol. The molecule has 1 N–H and O–H groups in total. The lowest BCUT2D eigenvalue weighted by Crippen LogP contribution is -2.32. The maximum absolute atomic E-state index is 12.4. The molecule has 0 spiro atoms. The Labute approximate surface area is 171 Å². The van der Waals surface area contributed by atoms with Crippen molar-refractivity contribution in [1.29, 1.82) is 0 Å². The molecule has 3 rings (SSSR count). The highest BCUT2D eigenvalue weighted by Crippen LogP contribution is 2.36. The van der Waals surface area contributed by atoms with Gasteiger partial charge in [0.1, 0.15) is 0 Å². The van der Waals surface area contributed by atoms with Gasteiger partial charge in [-0.05, 0) is 37.1 Å². The minimum absolute atomic E-state index is 0.0362. The van der Waals surface area contributed by atoms with E-state index in [0.717, 1.165) is 19.1 Å². The van der Waals surface area contributed by atoms with Gasteiger partial charge in [0, 0.05) is 23.7 Å². The summed E-state index contributed by atoms with van der Waals surface area (Å²) >= 11 is 2.59. The largest absolute Gasteiger partial charge is 0.293 e. The zero-order valence-electron chi connectivity index (χ0n) is 15.4. The van der Waals surface area contributed by atoms with E-state index in [2.05, 4.69) is 14.9 Å². The second-order valence-corrected chi connectivity index (χ2v) is 10.3. The van der Waals surface area contributed by atoms with Crippen molar-refractivity contribution >= 4 is 55.6 Å². The van der Waals surface area contributed by atoms with Crippen LogP contribution in [-0.4, -0.2) is 48.4 Å². The summed E-state index contributed by atoms with van der Waals surface area (Å²) in [6, 6.07) is 6.48. The molecule has 0 saturated heterocycles. The first-order chi connectivity index (χ1) is 13.3. The molecule has 8 nitrogen and oxygen atoms in total. The topological polar surface area (TPSA) is 109 Å². The molecule has 0 radical (unpaired) electrons. The van der Waals surface area contributed by atoms with Gasteiger partial charge >= 0.3 is 0 Å². The highest BCUT2D eigenvalue weighted by atomic mass is 32.2. The monoisotopic (exact) mass is 440 g/mol. The third kappa shape index (κ3) is 5.52. The van der Waals surface area contributed by atoms with E-state index in [1.165, 1.54) is 23.1 Å². The van der Waals surface area contributed by atoms with Crippen molar-refractivity contribution in [3.63, 3.8) is 0 Å². The smallest absolute Gasteiger partial charge is 0.229 e. The Morgan fingerprint density at radius 3 is 2.50 bits per heavy atom. The summed E-state index contributed by atoms with van der Waals surface area (Å²) in [5.41, 5.74) is 0.887. The van der Waals surface area contributed by atoms with Gasteiger partial charge in [-0.25, -0.2) is 8.42 Å². The van der Waals surface area contributed by atoms with Crippen LogP contribution in [0.3, 0.4) is 0 Å². The van der Waals surface area contributed by atoms with Gasteiger partial charge in [-0.2, -0.15) is 0 Å². The van der Waals surface area contributed by atoms with Crippen molar-refractivity contribution in [2.45, 2.75) is 36.6 Å². The van der Waals surface area contributed by atoms with Crippen molar-refractivity contribution in [1.82, 2.24) is 10.2 Å². The van der Waals surface area contributed by atoms with Crippen LogP contribution in [0.4, 0.5) is 10.8 Å². The molecule has 1 amide bonds. The lowest BCUT2D eigenvalue weighted by Gasteiger charge is -2.17. The SMILES string of the molecule is CCC(=O)N(c1nnc(SCC(=O)c2ccc(NS(C)(=O)=O)cc2)s1)C1CC1. The first-order valence-corrected chi connectivity index (χ1v) is 12.4. The summed E-state index contributed by atoms with van der Waals surface area (Å²) in [5, 5.41) is 8.80. The first kappa shape index (κ1) is 20.7. The number of carbonyl (C=O) groups is 2. The Bertz CT molecular complexity index is 969. The Morgan fingerprint density at radius 1 is 1.25 bits per heavy atom. The van der Waals surface area contributed by atoms with Crippen LogP contribution in [0.25, 0.3) is 0 Å². The lowest BCUT2D eigenvalue weighted by molar-refractivity contribution is -0.118. The second-order valence-electron chi connectivity index (χ2n) is 6.36. The number of sulfonamides is 1. The van der Waals surface area contributed by atoms with Crippen LogP contribution in [0.1, 0.15) is 36.5 Å². The number of hydrogen-bond donors (Lipinski definition) is 1. The van der Waals surface area contributed by atoms with Gasteiger partial charge < -0.3 is 0 Å². The van der Waals surface area contributed by atoms with E-state index < -0.39 is 10.0 Å². The third-order valence-electron chi connectivity index (χ3n) is 3.92. The quantitative estimate of drug-likeness (QED) is 0.363. The molecule has 0 bridgehead atoms. The highest BCUT2D eigenvalue weighted by Gasteiger charge is 2.35. The van der Waals surface area contributed by atoms with Gasteiger partial charge in [-0.1, -0.05) is 30.0 Å². The Kier molecular flexibility index (Phi) is 6.36. The molecule has 1 heterocycles. The molecule has 1 aliphatic carbocycles. The van der Waals surface area contributed by atoms with Gasteiger partial charge in [0.25, 0.3) is 0 Å². The van der Waals surface area contributed by atoms with Gasteiger partial charge in [0.05, 0.1) is 12.0 Å². The minimum atomic E-state index is -3.35. The van der Waals surface area contributed by atoms with Gasteiger partial charge in [0.2, 0.25) is 21.1 Å². The number of nitrogens with one attached hydrogen (secondary N) is 1. The lowest BCUT2D eigenvalue weighted by atomic mass is 10.1. The molecular formula is C17H20N4O4S3. The molecule has 1 aromatic carbocycles. The number of thioether (sulfide) groups is 1. The van der Waals surface area contributed by atoms with Crippen molar-refractivity contribution < 1.29 is 18.0 Å². The summed E-state index contributed by atoms with van der Waals surface area (Å²) in [4.78, 5) is 26.2. The molecule has 1 aliphatic rings. The standard InChI is InChI=1S/C17H20N4O4S3/c1-3-15(23)21(13-8-9-13)16-18-19-17(27-16)26-10-14(22)11-4-6-12(7-5-11)20-28(2,24)25/h4-7,13,20H,3,8-10H2,1-2H3. The number of ketones is 1. The van der Waals surface area contributed by atoms with Crippen molar-refractivity contribution in [3.05, 3.63) is 29.8 Å². The van der Waals surface area contributed by atoms with Gasteiger partial charge in [-0.15, -0.1) is 10.2 Å². The number of nitrogens with zero attached hydrogens (tertiary/aromatic N) is 3. The number of rotatable bonds is 9. The Hall–Kier alpha value is -1.98. The Morgan fingerprint density at radius 2 is 1.93 bits per heavy atom. The fraction of sp³-hybridized carbons (Fsp3) is 0.412. The third-order valence-corrected chi connectivity index (χ3v) is 6.58. The minimum Gasteiger partial charge on any atom is -0.293 e. The van der Waals surface area contributed by atoms with Crippen molar-refractivity contribution in [3.8, 4) is 0 Å². The maximum atomic E-state index is 12.4. The van der Waals surface area contributed by atoms with Crippen LogP contribution in [0.2, 0.25) is 0 Å². The maximum Gasteiger partial charge on any atom is 0.229 e. The predicted octanol–water partition coefficient (Wildman–Crippen LogP) is 2.79. The summed E-state index contributed by atoms with van der Waals surface area (Å²) < 4.78 is 25.4. The molecule has 1 fully saturated rings. The molecule has 0 aliphatic heterocycles. The van der Waals surface area contributed by atoms with Crippen LogP contribution < -0.4 is 9.62 Å². The first-order valence-electron chi connectivity index (χ1n) is 8.66. The van der Waals surface area contributed by atoms with E-state index in [9.17, 15) is 18.0 Å². The summed E-state index contributed by atoms with van der Waals surface area (Å²) in [7, 11) is -3.35. The van der Waals surface area contributed by atoms with Gasteiger partial charge in [0.15, 0.2) is 10.1 Å². The number of aromatic nitrogens is 2. The van der Waals surface area contributed by atoms with E-state index in [-0.39, 0.29) is 23.5 Å². The molecule has 0 atom stereocenters. The Balaban J connectivity index is 1.59. The summed E-state index contributed by atoms with van der Waals surface area (Å²) in [5.74, 6) is 0.115. The van der Waals surface area contributed by atoms with Crippen LogP contribution in [0, 0.1) is 0 Å². The normalized spacial score (nSPS) is 13.9. The van der Waals surface area contributed by atoms with Crippen LogP contribution in [-0.2, 0) is 14.8 Å². The second kappa shape index (κ2) is 8.58. The van der Waals surface area contributed by atoms with Crippen LogP contribution in [0.5, 0.6) is 0 Å². The number of benzene rings is 1. The van der Waals surface area contributed by atoms with E-state index >= 15 is 0 Å². The van der Waals surface area contributed by atoms with Crippen LogP contribution >= 0.6 is 23.1 Å². The van der Waals surface area contributed by atoms with E-state index in [1.54, 1.807) is 29.2 Å². The van der Waals surface area contributed by atoms with Gasteiger partial charge in [-0.3, -0.25) is 19.2 Å². The molecule has 2 aromatic rings. The van der Waals surface area contributed by atoms with Crippen molar-refractivity contribution in [2.75, 3.05) is 21.6 Å². The number of hydrogen-bond acceptors (Lipinski definition) is 8. The number of carbonyl (C=O) groups excluding carboxylic acids is 2. The predicted molar refractivity (Wildman–Crippen MR) is 111 cm³/mol. The fourth-order valence-electron chi connectivity index (χ4n) is 2.48. The number of amides is 1. The average Bonchev–Trinajstić information content (AvgIpc) is 3.36. The van der Waals surface area contributed by atoms with E-state index in [0.29, 0.717) is 27.1 Å². The molecule has 11 heteroatoms. The molecule has 0 unspecified atom stereocenters. The molecule has 28 heavy (non-hydrogen) atoms. The number of anilines is 2. The highest BCUT2D eigenvalue weighted by molar-refractivity contribution is 8.01. The van der Waals surface area contributed by atoms with Crippen LogP contribution in [0.15, 0.2) is 28.6 Å². The van der Waals surface area contributed by atoms with Crippen molar-refractivity contribution in [2.24, 2.45) is 0 Å². The fourth-order valence-corrected chi connectivity index (χ4v) is 4.87. The van der Waals surface area contributed by atoms with E-state index in [4.69, 9.17) is 0 Å². The summed E-state index contributed by atoms with van der Waals surface area (Å²) in [6.07, 6.45) is 3.45.